The second-order valence-electron chi connectivity index (χ2n) is 18.3. The molecule has 9 nitrogen and oxygen atoms in total. The van der Waals surface area contributed by atoms with Gasteiger partial charge in [-0.15, -0.1) is 0 Å². The number of esters is 1. The summed E-state index contributed by atoms with van der Waals surface area (Å²) >= 11 is 0. The number of carbonyl (C=O) groups is 1. The fourth-order valence-electron chi connectivity index (χ4n) is 7.93. The van der Waals surface area contributed by atoms with Gasteiger partial charge in [0.1, 0.15) is 30.5 Å². The molecule has 0 spiro atoms. The number of aliphatic hydroxyl groups is 4. The summed E-state index contributed by atoms with van der Waals surface area (Å²) < 4.78 is 22.9. The highest BCUT2D eigenvalue weighted by Crippen LogP contribution is 2.23. The van der Waals surface area contributed by atoms with E-state index in [4.69, 9.17) is 18.9 Å². The van der Waals surface area contributed by atoms with E-state index in [1.165, 1.54) is 122 Å². The second kappa shape index (κ2) is 47.7. The molecule has 6 atom stereocenters. The van der Waals surface area contributed by atoms with Crippen LogP contribution in [0.25, 0.3) is 0 Å². The molecule has 1 heterocycles. The van der Waals surface area contributed by atoms with Crippen molar-refractivity contribution in [3.8, 4) is 0 Å². The van der Waals surface area contributed by atoms with E-state index in [9.17, 15) is 25.2 Å². The third kappa shape index (κ3) is 37.6. The molecule has 0 amide bonds. The number of hydrogen-bond acceptors (Lipinski definition) is 9. The van der Waals surface area contributed by atoms with Crippen LogP contribution < -0.4 is 0 Å². The van der Waals surface area contributed by atoms with Gasteiger partial charge in [0.2, 0.25) is 0 Å². The normalized spacial score (nSPS) is 19.9. The van der Waals surface area contributed by atoms with Crippen LogP contribution in [0.15, 0.2) is 72.9 Å². The summed E-state index contributed by atoms with van der Waals surface area (Å²) in [5.74, 6) is -0.321. The van der Waals surface area contributed by atoms with Crippen molar-refractivity contribution in [1.82, 2.24) is 0 Å². The van der Waals surface area contributed by atoms with Crippen molar-refractivity contribution < 1.29 is 44.2 Å². The summed E-state index contributed by atoms with van der Waals surface area (Å²) in [5, 5.41) is 40.3. The number of hydrogen-bond donors (Lipinski definition) is 4. The van der Waals surface area contributed by atoms with Crippen molar-refractivity contribution >= 4 is 5.97 Å². The maximum atomic E-state index is 12.9. The zero-order valence-electron chi connectivity index (χ0n) is 42.2. The van der Waals surface area contributed by atoms with E-state index in [-0.39, 0.29) is 19.2 Å². The molecule has 0 aromatic rings. The lowest BCUT2D eigenvalue weighted by atomic mass is 9.99. The molecule has 0 aromatic heterocycles. The maximum absolute atomic E-state index is 12.9. The first kappa shape index (κ1) is 61.6. The Hall–Kier alpha value is -2.37. The SMILES string of the molecule is CC/C=C\C/C=C\C/C=C\CCCCCCCCCCOCC(COC1OC(CO)C(O)C(O)C1O)OC(=O)CCCCCCCCCCCC/C=C\C/C=C\C/C=C\CCCCCCC. The van der Waals surface area contributed by atoms with E-state index in [1.807, 2.05) is 0 Å². The summed E-state index contributed by atoms with van der Waals surface area (Å²) in [6.07, 6.45) is 56.5. The van der Waals surface area contributed by atoms with E-state index in [1.54, 1.807) is 0 Å². The van der Waals surface area contributed by atoms with Crippen LogP contribution in [0.1, 0.15) is 219 Å². The Morgan fingerprint density at radius 1 is 0.500 bits per heavy atom. The molecule has 4 N–H and O–H groups in total. The molecule has 9 heteroatoms. The largest absolute Gasteiger partial charge is 0.457 e. The van der Waals surface area contributed by atoms with Crippen LogP contribution in [-0.4, -0.2) is 89.6 Å². The lowest BCUT2D eigenvalue weighted by Crippen LogP contribution is -2.59. The Morgan fingerprint density at radius 3 is 1.39 bits per heavy atom. The van der Waals surface area contributed by atoms with Gasteiger partial charge in [-0.2, -0.15) is 0 Å². The second-order valence-corrected chi connectivity index (χ2v) is 18.3. The standard InChI is InChI=1S/C57H100O9/c1-3-5-7-9-11-13-15-17-19-21-23-24-25-26-27-28-29-30-32-34-36-38-40-42-44-46-53(59)65-51(50-64-57-56(62)55(61)54(60)52(48-58)66-57)49-63-47-45-43-41-39-37-35-33-31-22-20-18-16-14-12-10-8-6-4-2/h6,8,12,14-15,17-18,20-21,23,25-26,51-52,54-58,60-62H,3-5,7,9-11,13,16,19,22,24,27-50H2,1-2H3/b8-6-,14-12-,17-15-,20-18-,23-21-,26-25-. The maximum Gasteiger partial charge on any atom is 0.306 e. The number of allylic oxidation sites excluding steroid dienone is 12. The average Bonchev–Trinajstić information content (AvgIpc) is 3.32. The molecule has 0 saturated carbocycles. The van der Waals surface area contributed by atoms with Gasteiger partial charge in [-0.25, -0.2) is 0 Å². The number of aliphatic hydroxyl groups excluding tert-OH is 4. The topological polar surface area (TPSA) is 135 Å². The average molecular weight is 929 g/mol. The molecule has 0 aromatic carbocycles. The summed E-state index contributed by atoms with van der Waals surface area (Å²) in [6, 6.07) is 0. The van der Waals surface area contributed by atoms with Crippen molar-refractivity contribution in [1.29, 1.82) is 0 Å². The highest BCUT2D eigenvalue weighted by atomic mass is 16.7. The minimum atomic E-state index is -1.54. The first-order valence-electron chi connectivity index (χ1n) is 27.0. The predicted octanol–water partition coefficient (Wildman–Crippen LogP) is 13.6. The van der Waals surface area contributed by atoms with Crippen molar-refractivity contribution in [2.24, 2.45) is 0 Å². The van der Waals surface area contributed by atoms with E-state index < -0.39 is 43.4 Å². The van der Waals surface area contributed by atoms with Gasteiger partial charge in [0, 0.05) is 13.0 Å². The van der Waals surface area contributed by atoms with Gasteiger partial charge in [-0.1, -0.05) is 202 Å². The molecule has 1 fully saturated rings. The molecule has 1 rings (SSSR count). The van der Waals surface area contributed by atoms with Gasteiger partial charge >= 0.3 is 5.97 Å². The van der Waals surface area contributed by atoms with Gasteiger partial charge in [-0.05, 0) is 83.5 Å². The molecular weight excluding hydrogens is 829 g/mol. The molecule has 0 radical (unpaired) electrons. The lowest BCUT2D eigenvalue weighted by molar-refractivity contribution is -0.305. The Kier molecular flexibility index (Phi) is 44.5. The van der Waals surface area contributed by atoms with E-state index in [0.717, 1.165) is 77.0 Å². The highest BCUT2D eigenvalue weighted by Gasteiger charge is 2.44. The third-order valence-corrected chi connectivity index (χ3v) is 12.1. The summed E-state index contributed by atoms with van der Waals surface area (Å²) in [7, 11) is 0. The Morgan fingerprint density at radius 2 is 0.924 bits per heavy atom. The van der Waals surface area contributed by atoms with Gasteiger partial charge in [0.05, 0.1) is 19.8 Å². The van der Waals surface area contributed by atoms with Crippen molar-refractivity contribution in [3.63, 3.8) is 0 Å². The molecule has 382 valence electrons. The minimum absolute atomic E-state index is 0.121. The molecule has 1 aliphatic rings. The molecule has 66 heavy (non-hydrogen) atoms. The highest BCUT2D eigenvalue weighted by molar-refractivity contribution is 5.69. The minimum Gasteiger partial charge on any atom is -0.457 e. The van der Waals surface area contributed by atoms with Crippen LogP contribution in [0.3, 0.4) is 0 Å². The van der Waals surface area contributed by atoms with Crippen LogP contribution in [0, 0.1) is 0 Å². The number of rotatable bonds is 46. The zero-order chi connectivity index (χ0) is 47.8. The monoisotopic (exact) mass is 929 g/mol. The van der Waals surface area contributed by atoms with Gasteiger partial charge in [-0.3, -0.25) is 4.79 Å². The van der Waals surface area contributed by atoms with Gasteiger partial charge in [0.25, 0.3) is 0 Å². The Bertz CT molecular complexity index is 1240. The van der Waals surface area contributed by atoms with Crippen molar-refractivity contribution in [2.75, 3.05) is 26.4 Å². The fourth-order valence-corrected chi connectivity index (χ4v) is 7.93. The molecule has 0 bridgehead atoms. The van der Waals surface area contributed by atoms with Crippen LogP contribution in [0.4, 0.5) is 0 Å². The Labute approximate surface area is 404 Å². The molecule has 6 unspecified atom stereocenters. The molecule has 1 saturated heterocycles. The summed E-state index contributed by atoms with van der Waals surface area (Å²) in [5.41, 5.74) is 0. The lowest BCUT2D eigenvalue weighted by Gasteiger charge is -2.39. The smallest absolute Gasteiger partial charge is 0.306 e. The van der Waals surface area contributed by atoms with Crippen LogP contribution in [0.5, 0.6) is 0 Å². The Balaban J connectivity index is 2.19. The summed E-state index contributed by atoms with van der Waals surface area (Å²) in [6.45, 7) is 4.43. The zero-order valence-corrected chi connectivity index (χ0v) is 42.2. The van der Waals surface area contributed by atoms with E-state index in [2.05, 4.69) is 86.8 Å². The van der Waals surface area contributed by atoms with Crippen molar-refractivity contribution in [2.45, 2.75) is 256 Å². The first-order chi connectivity index (χ1) is 32.4. The van der Waals surface area contributed by atoms with Gasteiger partial charge in [0.15, 0.2) is 6.29 Å². The van der Waals surface area contributed by atoms with Crippen LogP contribution in [-0.2, 0) is 23.7 Å². The number of unbranched alkanes of at least 4 members (excludes halogenated alkanes) is 23. The number of carbonyl (C=O) groups excluding carboxylic acids is 1. The molecular formula is C57H100O9. The van der Waals surface area contributed by atoms with Crippen molar-refractivity contribution in [3.05, 3.63) is 72.9 Å². The number of ether oxygens (including phenoxy) is 4. The van der Waals surface area contributed by atoms with Crippen LogP contribution >= 0.6 is 0 Å². The first-order valence-corrected chi connectivity index (χ1v) is 27.0. The van der Waals surface area contributed by atoms with E-state index >= 15 is 0 Å². The quantitative estimate of drug-likeness (QED) is 0.0267. The fraction of sp³-hybridized carbons (Fsp3) is 0.772. The summed E-state index contributed by atoms with van der Waals surface area (Å²) in [4.78, 5) is 12.9. The third-order valence-electron chi connectivity index (χ3n) is 12.1. The molecule has 1 aliphatic heterocycles. The predicted molar refractivity (Wildman–Crippen MR) is 274 cm³/mol. The molecule has 0 aliphatic carbocycles. The van der Waals surface area contributed by atoms with E-state index in [0.29, 0.717) is 13.0 Å². The van der Waals surface area contributed by atoms with Gasteiger partial charge < -0.3 is 39.4 Å². The van der Waals surface area contributed by atoms with Crippen LogP contribution in [0.2, 0.25) is 0 Å².